The number of hydrazone groups is 1. The van der Waals surface area contributed by atoms with Crippen LogP contribution in [0.1, 0.15) is 12.5 Å². The number of anilines is 1. The fraction of sp³-hybridized carbons (Fsp3) is 0.176. The number of hydrogen-bond donors (Lipinski definition) is 2. The van der Waals surface area contributed by atoms with Gasteiger partial charge in [-0.3, -0.25) is 5.43 Å². The molecule has 0 aromatic heterocycles. The van der Waals surface area contributed by atoms with E-state index >= 15 is 0 Å². The molecule has 0 saturated carbocycles. The number of halogens is 2. The Balaban J connectivity index is 2.02. The van der Waals surface area contributed by atoms with Gasteiger partial charge in [0.15, 0.2) is 5.11 Å². The van der Waals surface area contributed by atoms with Crippen LogP contribution >= 0.6 is 12.2 Å². The molecule has 0 fully saturated rings. The fourth-order valence-corrected chi connectivity index (χ4v) is 2.15. The molecule has 2 rings (SSSR count). The normalized spacial score (nSPS) is 11.2. The molecule has 8 heteroatoms. The summed E-state index contributed by atoms with van der Waals surface area (Å²) in [5, 5.41) is 7.38. The predicted octanol–water partition coefficient (Wildman–Crippen LogP) is 4.01. The maximum Gasteiger partial charge on any atom is 0.387 e. The zero-order valence-corrected chi connectivity index (χ0v) is 14.4. The third kappa shape index (κ3) is 5.68. The van der Waals surface area contributed by atoms with E-state index in [1.165, 1.54) is 12.1 Å². The number of nitrogens with zero attached hydrogens (tertiary/aromatic N) is 1. The topological polar surface area (TPSA) is 54.9 Å². The second-order valence-electron chi connectivity index (χ2n) is 4.87. The Morgan fingerprint density at radius 3 is 2.64 bits per heavy atom. The Bertz CT molecular complexity index is 769. The number of nitrogens with one attached hydrogen (secondary N) is 2. The zero-order valence-electron chi connectivity index (χ0n) is 13.6. The van der Waals surface area contributed by atoms with E-state index in [1.54, 1.807) is 32.2 Å². The number of methoxy groups -OCH3 is 1. The molecule has 0 radical (unpaired) electrons. The zero-order chi connectivity index (χ0) is 18.2. The van der Waals surface area contributed by atoms with Crippen molar-refractivity contribution < 1.29 is 18.3 Å². The van der Waals surface area contributed by atoms with Crippen molar-refractivity contribution in [2.75, 3.05) is 12.4 Å². The van der Waals surface area contributed by atoms with Crippen molar-refractivity contribution >= 4 is 28.7 Å². The average Bonchev–Trinajstić information content (AvgIpc) is 2.60. The van der Waals surface area contributed by atoms with Crippen LogP contribution in [0.15, 0.2) is 53.6 Å². The molecule has 25 heavy (non-hydrogen) atoms. The predicted molar refractivity (Wildman–Crippen MR) is 97.6 cm³/mol. The van der Waals surface area contributed by atoms with Crippen LogP contribution in [0.25, 0.3) is 0 Å². The molecule has 0 unspecified atom stereocenters. The van der Waals surface area contributed by atoms with Crippen molar-refractivity contribution in [3.05, 3.63) is 54.1 Å². The molecule has 2 N–H and O–H groups in total. The Morgan fingerprint density at radius 1 is 1.16 bits per heavy atom. The van der Waals surface area contributed by atoms with E-state index in [2.05, 4.69) is 20.6 Å². The first-order valence-corrected chi connectivity index (χ1v) is 7.70. The number of alkyl halides is 2. The maximum absolute atomic E-state index is 12.3. The van der Waals surface area contributed by atoms with Gasteiger partial charge < -0.3 is 14.8 Å². The summed E-state index contributed by atoms with van der Waals surface area (Å²) in [5.41, 5.74) is 4.59. The van der Waals surface area contributed by atoms with Gasteiger partial charge in [0, 0.05) is 5.56 Å². The number of ether oxygens (including phenoxy) is 2. The van der Waals surface area contributed by atoms with E-state index in [0.717, 1.165) is 0 Å². The number of rotatable bonds is 6. The summed E-state index contributed by atoms with van der Waals surface area (Å²) in [7, 11) is 1.56. The first-order valence-electron chi connectivity index (χ1n) is 7.29. The van der Waals surface area contributed by atoms with Gasteiger partial charge in [-0.2, -0.15) is 13.9 Å². The van der Waals surface area contributed by atoms with E-state index in [1.807, 2.05) is 18.2 Å². The highest BCUT2D eigenvalue weighted by Crippen LogP contribution is 2.22. The van der Waals surface area contributed by atoms with Gasteiger partial charge in [-0.05, 0) is 43.4 Å². The maximum atomic E-state index is 12.3. The van der Waals surface area contributed by atoms with Crippen molar-refractivity contribution in [2.45, 2.75) is 13.5 Å². The van der Waals surface area contributed by atoms with E-state index in [0.29, 0.717) is 22.7 Å². The summed E-state index contributed by atoms with van der Waals surface area (Å²) >= 11 is 5.19. The lowest BCUT2D eigenvalue weighted by Crippen LogP contribution is -2.25. The van der Waals surface area contributed by atoms with Crippen LogP contribution in [0.5, 0.6) is 11.5 Å². The lowest BCUT2D eigenvalue weighted by molar-refractivity contribution is -0.0498. The lowest BCUT2D eigenvalue weighted by atomic mass is 10.1. The second-order valence-corrected chi connectivity index (χ2v) is 5.28. The minimum Gasteiger partial charge on any atom is -0.495 e. The highest BCUT2D eigenvalue weighted by Gasteiger charge is 2.07. The molecule has 0 amide bonds. The van der Waals surface area contributed by atoms with Crippen LogP contribution in [0.4, 0.5) is 14.5 Å². The Kier molecular flexibility index (Phi) is 6.64. The smallest absolute Gasteiger partial charge is 0.387 e. The van der Waals surface area contributed by atoms with Crippen LogP contribution in [0.3, 0.4) is 0 Å². The van der Waals surface area contributed by atoms with Gasteiger partial charge in [0.1, 0.15) is 11.5 Å². The second kappa shape index (κ2) is 8.93. The molecule has 0 heterocycles. The van der Waals surface area contributed by atoms with Crippen molar-refractivity contribution in [1.29, 1.82) is 0 Å². The molecule has 2 aromatic carbocycles. The molecule has 0 bridgehead atoms. The van der Waals surface area contributed by atoms with Crippen molar-refractivity contribution in [1.82, 2.24) is 5.43 Å². The molecule has 0 aliphatic carbocycles. The van der Waals surface area contributed by atoms with Crippen LogP contribution in [-0.2, 0) is 0 Å². The summed E-state index contributed by atoms with van der Waals surface area (Å²) in [6.07, 6.45) is 0. The molecular formula is C17H17F2N3O2S. The highest BCUT2D eigenvalue weighted by molar-refractivity contribution is 7.80. The largest absolute Gasteiger partial charge is 0.495 e. The standard InChI is InChI=1S/C17H17F2N3O2S/c1-11(12-6-5-7-13(10-12)24-16(18)19)21-22-17(25)20-14-8-3-4-9-15(14)23-2/h3-10,16H,1-2H3,(H2,20,22,25)/b21-11-. The molecule has 2 aromatic rings. The van der Waals surface area contributed by atoms with Crippen molar-refractivity contribution in [3.63, 3.8) is 0 Å². The van der Waals surface area contributed by atoms with Gasteiger partial charge >= 0.3 is 6.61 Å². The Labute approximate surface area is 149 Å². The van der Waals surface area contributed by atoms with Crippen LogP contribution in [0.2, 0.25) is 0 Å². The SMILES string of the molecule is COc1ccccc1NC(=S)N/N=C(/C)c1cccc(OC(F)F)c1. The number of benzene rings is 2. The third-order valence-electron chi connectivity index (χ3n) is 3.16. The first kappa shape index (κ1) is 18.6. The summed E-state index contributed by atoms with van der Waals surface area (Å²) in [6.45, 7) is -1.15. The number of thiocarbonyl (C=S) groups is 1. The van der Waals surface area contributed by atoms with E-state index < -0.39 is 6.61 Å². The van der Waals surface area contributed by atoms with Gasteiger partial charge in [-0.1, -0.05) is 24.3 Å². The van der Waals surface area contributed by atoms with Crippen LogP contribution in [0, 0.1) is 0 Å². The average molecular weight is 365 g/mol. The van der Waals surface area contributed by atoms with Gasteiger partial charge in [0.05, 0.1) is 18.5 Å². The molecule has 5 nitrogen and oxygen atoms in total. The quantitative estimate of drug-likeness (QED) is 0.460. The highest BCUT2D eigenvalue weighted by atomic mass is 32.1. The van der Waals surface area contributed by atoms with Gasteiger partial charge in [0.25, 0.3) is 0 Å². The fourth-order valence-electron chi connectivity index (χ4n) is 1.99. The molecule has 0 spiro atoms. The van der Waals surface area contributed by atoms with Crippen molar-refractivity contribution in [3.8, 4) is 11.5 Å². The lowest BCUT2D eigenvalue weighted by Gasteiger charge is -2.11. The van der Waals surface area contributed by atoms with E-state index in [9.17, 15) is 8.78 Å². The van der Waals surface area contributed by atoms with E-state index in [4.69, 9.17) is 17.0 Å². The summed E-state index contributed by atoms with van der Waals surface area (Å²) in [4.78, 5) is 0. The molecular weight excluding hydrogens is 348 g/mol. The first-order chi connectivity index (χ1) is 12.0. The third-order valence-corrected chi connectivity index (χ3v) is 3.35. The monoisotopic (exact) mass is 365 g/mol. The Morgan fingerprint density at radius 2 is 1.92 bits per heavy atom. The summed E-state index contributed by atoms with van der Waals surface area (Å²) in [6, 6.07) is 13.6. The minimum absolute atomic E-state index is 0.0665. The van der Waals surface area contributed by atoms with Crippen molar-refractivity contribution in [2.24, 2.45) is 5.10 Å². The molecule has 0 aliphatic heterocycles. The molecule has 132 valence electrons. The van der Waals surface area contributed by atoms with Gasteiger partial charge in [-0.15, -0.1) is 0 Å². The van der Waals surface area contributed by atoms with Gasteiger partial charge in [-0.25, -0.2) is 0 Å². The number of para-hydroxylation sites is 2. The van der Waals surface area contributed by atoms with Crippen LogP contribution in [-0.4, -0.2) is 24.5 Å². The Hall–Kier alpha value is -2.74. The molecule has 0 aliphatic rings. The molecule has 0 atom stereocenters. The van der Waals surface area contributed by atoms with Crippen LogP contribution < -0.4 is 20.2 Å². The van der Waals surface area contributed by atoms with Gasteiger partial charge in [0.2, 0.25) is 0 Å². The number of hydrogen-bond acceptors (Lipinski definition) is 4. The van der Waals surface area contributed by atoms with E-state index in [-0.39, 0.29) is 10.9 Å². The summed E-state index contributed by atoms with van der Waals surface area (Å²) in [5.74, 6) is 0.709. The minimum atomic E-state index is -2.87. The molecule has 0 saturated heterocycles. The summed E-state index contributed by atoms with van der Waals surface area (Å²) < 4.78 is 34.2.